The van der Waals surface area contributed by atoms with E-state index in [1.807, 2.05) is 11.8 Å². The normalized spacial score (nSPS) is 25.5. The van der Waals surface area contributed by atoms with Crippen LogP contribution in [0.25, 0.3) is 0 Å². The Balaban J connectivity index is 1.42. The molecule has 2 fully saturated rings. The summed E-state index contributed by atoms with van der Waals surface area (Å²) in [6, 6.07) is 9.90. The number of amides is 3. The van der Waals surface area contributed by atoms with Crippen molar-refractivity contribution in [2.45, 2.75) is 50.3 Å². The highest BCUT2D eigenvalue weighted by Crippen LogP contribution is 2.40. The molecule has 2 unspecified atom stereocenters. The zero-order chi connectivity index (χ0) is 20.6. The predicted octanol–water partition coefficient (Wildman–Crippen LogP) is 2.88. The number of benzene rings is 1. The number of rotatable bonds is 4. The lowest BCUT2D eigenvalue weighted by Gasteiger charge is -2.42. The number of pyridine rings is 1. The lowest BCUT2D eigenvalue weighted by Crippen LogP contribution is -2.53. The summed E-state index contributed by atoms with van der Waals surface area (Å²) in [5.74, 6) is 0.0200. The Labute approximate surface area is 168 Å². The van der Waals surface area contributed by atoms with Gasteiger partial charge in [0.25, 0.3) is 5.91 Å². The van der Waals surface area contributed by atoms with E-state index in [-0.39, 0.29) is 29.6 Å². The van der Waals surface area contributed by atoms with Crippen molar-refractivity contribution in [3.8, 4) is 11.6 Å². The van der Waals surface area contributed by atoms with Gasteiger partial charge in [-0.2, -0.15) is 0 Å². The average molecular weight is 396 g/mol. The Morgan fingerprint density at radius 2 is 1.90 bits per heavy atom. The standard InChI is InChI=1S/C21H24N4O4/c1-21(28)10-14-7-8-15(11-21)25(14)20(27)24-13-6-9-18(23-12-13)29-17-5-3-2-4-16(17)19(22)26/h2-6,9,12,14-15,28H,7-8,10-11H2,1H3,(H2,22,26)(H,24,27). The molecule has 1 aromatic heterocycles. The molecule has 3 amide bonds. The van der Waals surface area contributed by atoms with Gasteiger partial charge in [-0.05, 0) is 50.8 Å². The minimum absolute atomic E-state index is 0.0598. The van der Waals surface area contributed by atoms with E-state index >= 15 is 0 Å². The molecule has 29 heavy (non-hydrogen) atoms. The number of piperidine rings is 1. The molecule has 0 spiro atoms. The van der Waals surface area contributed by atoms with Crippen molar-refractivity contribution in [1.82, 2.24) is 9.88 Å². The summed E-state index contributed by atoms with van der Waals surface area (Å²) < 4.78 is 5.65. The lowest BCUT2D eigenvalue weighted by atomic mass is 9.88. The fourth-order valence-electron chi connectivity index (χ4n) is 4.37. The number of fused-ring (bicyclic) bond motifs is 2. The summed E-state index contributed by atoms with van der Waals surface area (Å²) in [5.41, 5.74) is 5.46. The fraction of sp³-hybridized carbons (Fsp3) is 0.381. The molecule has 1 aromatic carbocycles. The predicted molar refractivity (Wildman–Crippen MR) is 107 cm³/mol. The molecule has 2 saturated heterocycles. The number of carbonyl (C=O) groups is 2. The summed E-state index contributed by atoms with van der Waals surface area (Å²) >= 11 is 0. The summed E-state index contributed by atoms with van der Waals surface area (Å²) in [4.78, 5) is 30.3. The van der Waals surface area contributed by atoms with Crippen molar-refractivity contribution in [3.63, 3.8) is 0 Å². The molecule has 8 nitrogen and oxygen atoms in total. The molecule has 4 N–H and O–H groups in total. The first-order chi connectivity index (χ1) is 13.8. The second-order valence-electron chi connectivity index (χ2n) is 7.98. The second-order valence-corrected chi connectivity index (χ2v) is 7.98. The molecule has 0 aliphatic carbocycles. The van der Waals surface area contributed by atoms with E-state index in [1.165, 1.54) is 6.20 Å². The first-order valence-corrected chi connectivity index (χ1v) is 9.67. The van der Waals surface area contributed by atoms with Crippen LogP contribution in [0.5, 0.6) is 11.6 Å². The minimum Gasteiger partial charge on any atom is -0.438 e. The molecule has 2 aliphatic rings. The molecule has 3 heterocycles. The number of hydrogen-bond acceptors (Lipinski definition) is 5. The number of anilines is 1. The van der Waals surface area contributed by atoms with Crippen molar-refractivity contribution < 1.29 is 19.4 Å². The van der Waals surface area contributed by atoms with Gasteiger partial charge in [-0.3, -0.25) is 4.79 Å². The quantitative estimate of drug-likeness (QED) is 0.734. The second kappa shape index (κ2) is 7.36. The molecule has 2 aromatic rings. The third-order valence-electron chi connectivity index (χ3n) is 5.56. The maximum absolute atomic E-state index is 12.8. The fourth-order valence-corrected chi connectivity index (χ4v) is 4.37. The Hall–Kier alpha value is -3.13. The van der Waals surface area contributed by atoms with E-state index in [9.17, 15) is 14.7 Å². The van der Waals surface area contributed by atoms with Gasteiger partial charge in [-0.15, -0.1) is 0 Å². The minimum atomic E-state index is -0.704. The van der Waals surface area contributed by atoms with E-state index in [1.54, 1.807) is 36.4 Å². The first kappa shape index (κ1) is 19.2. The van der Waals surface area contributed by atoms with Gasteiger partial charge >= 0.3 is 6.03 Å². The van der Waals surface area contributed by atoms with Crippen molar-refractivity contribution in [3.05, 3.63) is 48.2 Å². The molecule has 4 rings (SSSR count). The van der Waals surface area contributed by atoms with E-state index in [0.717, 1.165) is 12.8 Å². The summed E-state index contributed by atoms with van der Waals surface area (Å²) in [6.45, 7) is 1.84. The van der Waals surface area contributed by atoms with Gasteiger partial charge in [0.2, 0.25) is 5.88 Å². The molecule has 0 saturated carbocycles. The number of carbonyl (C=O) groups excluding carboxylic acids is 2. The monoisotopic (exact) mass is 396 g/mol. The molecular formula is C21H24N4O4. The van der Waals surface area contributed by atoms with Crippen molar-refractivity contribution in [2.24, 2.45) is 5.73 Å². The number of urea groups is 1. The van der Waals surface area contributed by atoms with Crippen LogP contribution >= 0.6 is 0 Å². The van der Waals surface area contributed by atoms with Crippen molar-refractivity contribution in [1.29, 1.82) is 0 Å². The molecule has 2 atom stereocenters. The number of nitrogens with two attached hydrogens (primary N) is 1. The molecule has 2 bridgehead atoms. The Morgan fingerprint density at radius 1 is 1.21 bits per heavy atom. The highest BCUT2D eigenvalue weighted by Gasteiger charge is 2.47. The van der Waals surface area contributed by atoms with Crippen LogP contribution in [0.1, 0.15) is 43.0 Å². The maximum atomic E-state index is 12.8. The largest absolute Gasteiger partial charge is 0.438 e. The van der Waals surface area contributed by atoms with Gasteiger partial charge in [-0.25, -0.2) is 9.78 Å². The highest BCUT2D eigenvalue weighted by molar-refractivity contribution is 5.95. The Morgan fingerprint density at radius 3 is 2.52 bits per heavy atom. The molecule has 8 heteroatoms. The Bertz CT molecular complexity index is 913. The van der Waals surface area contributed by atoms with Gasteiger partial charge in [0.05, 0.1) is 23.0 Å². The van der Waals surface area contributed by atoms with Crippen molar-refractivity contribution >= 4 is 17.6 Å². The summed E-state index contributed by atoms with van der Waals surface area (Å²) in [7, 11) is 0. The lowest BCUT2D eigenvalue weighted by molar-refractivity contribution is -0.0224. The molecule has 2 aliphatic heterocycles. The Kier molecular flexibility index (Phi) is 4.87. The smallest absolute Gasteiger partial charge is 0.322 e. The zero-order valence-electron chi connectivity index (χ0n) is 16.2. The van der Waals surface area contributed by atoms with Crippen LogP contribution in [0.3, 0.4) is 0 Å². The number of primary amides is 1. The van der Waals surface area contributed by atoms with E-state index in [4.69, 9.17) is 10.5 Å². The van der Waals surface area contributed by atoms with E-state index in [2.05, 4.69) is 10.3 Å². The van der Waals surface area contributed by atoms with Crippen LogP contribution < -0.4 is 15.8 Å². The van der Waals surface area contributed by atoms with Crippen LogP contribution in [0.2, 0.25) is 0 Å². The third-order valence-corrected chi connectivity index (χ3v) is 5.56. The van der Waals surface area contributed by atoms with E-state index < -0.39 is 11.5 Å². The van der Waals surface area contributed by atoms with Crippen LogP contribution in [0.15, 0.2) is 42.6 Å². The SMILES string of the molecule is CC1(O)CC2CCC(C1)N2C(=O)Nc1ccc(Oc2ccccc2C(N)=O)nc1. The molecule has 0 radical (unpaired) electrons. The van der Waals surface area contributed by atoms with Crippen molar-refractivity contribution in [2.75, 3.05) is 5.32 Å². The van der Waals surface area contributed by atoms with Gasteiger partial charge in [-0.1, -0.05) is 12.1 Å². The van der Waals surface area contributed by atoms with E-state index in [0.29, 0.717) is 24.3 Å². The highest BCUT2D eigenvalue weighted by atomic mass is 16.5. The number of hydrogen-bond donors (Lipinski definition) is 3. The van der Waals surface area contributed by atoms with Gasteiger partial charge in [0, 0.05) is 18.2 Å². The number of nitrogens with one attached hydrogen (secondary N) is 1. The topological polar surface area (TPSA) is 118 Å². The number of para-hydroxylation sites is 1. The molecule has 152 valence electrons. The third kappa shape index (κ3) is 4.02. The number of aromatic nitrogens is 1. The van der Waals surface area contributed by atoms with Crippen LogP contribution in [0.4, 0.5) is 10.5 Å². The van der Waals surface area contributed by atoms with Gasteiger partial charge in [0.1, 0.15) is 5.75 Å². The maximum Gasteiger partial charge on any atom is 0.322 e. The summed E-state index contributed by atoms with van der Waals surface area (Å²) in [6.07, 6.45) is 4.53. The molecular weight excluding hydrogens is 372 g/mol. The first-order valence-electron chi connectivity index (χ1n) is 9.67. The van der Waals surface area contributed by atoms with Gasteiger partial charge < -0.3 is 25.8 Å². The average Bonchev–Trinajstić information content (AvgIpc) is 2.96. The number of ether oxygens (including phenoxy) is 1. The van der Waals surface area contributed by atoms with Crippen LogP contribution in [-0.4, -0.2) is 44.6 Å². The number of aliphatic hydroxyl groups is 1. The van der Waals surface area contributed by atoms with Gasteiger partial charge in [0.15, 0.2) is 0 Å². The zero-order valence-corrected chi connectivity index (χ0v) is 16.2. The number of nitrogens with zero attached hydrogens (tertiary/aromatic N) is 2. The van der Waals surface area contributed by atoms with Crippen LogP contribution in [-0.2, 0) is 0 Å². The summed E-state index contributed by atoms with van der Waals surface area (Å²) in [5, 5.41) is 13.2. The van der Waals surface area contributed by atoms with Crippen LogP contribution in [0, 0.1) is 0 Å².